The predicted molar refractivity (Wildman–Crippen MR) is 157 cm³/mol. The highest BCUT2D eigenvalue weighted by Gasteiger charge is 2.17. The Balaban J connectivity index is 1.56. The Morgan fingerprint density at radius 1 is 0.462 bits per heavy atom. The van der Waals surface area contributed by atoms with Gasteiger partial charge in [-0.05, 0) is 34.9 Å². The second kappa shape index (κ2) is 10.7. The third-order valence-electron chi connectivity index (χ3n) is 6.48. The van der Waals surface area contributed by atoms with E-state index in [9.17, 15) is 5.26 Å². The highest BCUT2D eigenvalue weighted by molar-refractivity contribution is 6.33. The lowest BCUT2D eigenvalue weighted by atomic mass is 9.98. The van der Waals surface area contributed by atoms with E-state index in [4.69, 9.17) is 26.6 Å². The van der Waals surface area contributed by atoms with E-state index < -0.39 is 0 Å². The number of hydrogen-bond donors (Lipinski definition) is 0. The molecule has 0 amide bonds. The van der Waals surface area contributed by atoms with Crippen LogP contribution in [0, 0.1) is 11.3 Å². The van der Waals surface area contributed by atoms with E-state index in [2.05, 4.69) is 6.07 Å². The second-order valence-electron chi connectivity index (χ2n) is 8.94. The zero-order valence-corrected chi connectivity index (χ0v) is 21.5. The molecule has 0 aliphatic heterocycles. The molecule has 0 radical (unpaired) electrons. The standard InChI is InChI=1S/C34H21ClN4/c35-31-20-9-8-18-29(31)28-17-6-7-19-30(28)34-38-32(23-11-2-1-3-12-23)37-33(39-34)25-15-10-14-24(21-25)27-16-5-4-13-26(27)22-36/h1-21H. The molecule has 0 aliphatic carbocycles. The van der Waals surface area contributed by atoms with Crippen molar-refractivity contribution >= 4 is 11.6 Å². The summed E-state index contributed by atoms with van der Waals surface area (Å²) in [6.45, 7) is 0. The van der Waals surface area contributed by atoms with Crippen LogP contribution < -0.4 is 0 Å². The van der Waals surface area contributed by atoms with Crippen molar-refractivity contribution in [3.63, 3.8) is 0 Å². The molecule has 5 heteroatoms. The van der Waals surface area contributed by atoms with Gasteiger partial charge in [-0.25, -0.2) is 15.0 Å². The lowest BCUT2D eigenvalue weighted by molar-refractivity contribution is 1.07. The molecule has 0 N–H and O–H groups in total. The van der Waals surface area contributed by atoms with Crippen LogP contribution in [0.15, 0.2) is 127 Å². The van der Waals surface area contributed by atoms with Crippen LogP contribution in [-0.2, 0) is 0 Å². The van der Waals surface area contributed by atoms with Gasteiger partial charge in [-0.15, -0.1) is 0 Å². The monoisotopic (exact) mass is 520 g/mol. The maximum Gasteiger partial charge on any atom is 0.164 e. The summed E-state index contributed by atoms with van der Waals surface area (Å²) in [5.41, 5.74) is 6.83. The SMILES string of the molecule is N#Cc1ccccc1-c1cccc(-c2nc(-c3ccccc3)nc(-c3ccccc3-c3ccccc3Cl)n2)c1. The Labute approximate surface area is 231 Å². The highest BCUT2D eigenvalue weighted by Crippen LogP contribution is 2.36. The van der Waals surface area contributed by atoms with Crippen molar-refractivity contribution in [3.05, 3.63) is 138 Å². The fraction of sp³-hybridized carbons (Fsp3) is 0. The Morgan fingerprint density at radius 2 is 1.00 bits per heavy atom. The van der Waals surface area contributed by atoms with Crippen molar-refractivity contribution in [2.75, 3.05) is 0 Å². The number of benzene rings is 5. The summed E-state index contributed by atoms with van der Waals surface area (Å²) in [5, 5.41) is 10.3. The van der Waals surface area contributed by atoms with E-state index in [0.29, 0.717) is 28.1 Å². The van der Waals surface area contributed by atoms with Crippen LogP contribution in [0.2, 0.25) is 5.02 Å². The molecular formula is C34H21ClN4. The second-order valence-corrected chi connectivity index (χ2v) is 9.34. The molecule has 6 rings (SSSR count). The zero-order valence-electron chi connectivity index (χ0n) is 20.8. The average Bonchev–Trinajstić information content (AvgIpc) is 3.01. The molecule has 0 unspecified atom stereocenters. The van der Waals surface area contributed by atoms with Crippen molar-refractivity contribution in [2.24, 2.45) is 0 Å². The molecule has 0 saturated heterocycles. The van der Waals surface area contributed by atoms with Crippen molar-refractivity contribution in [1.29, 1.82) is 5.26 Å². The Hall–Kier alpha value is -5.11. The van der Waals surface area contributed by atoms with E-state index in [-0.39, 0.29) is 0 Å². The lowest BCUT2D eigenvalue weighted by Gasteiger charge is -2.13. The fourth-order valence-corrected chi connectivity index (χ4v) is 4.83. The van der Waals surface area contributed by atoms with Crippen LogP contribution in [0.25, 0.3) is 56.4 Å². The molecule has 0 spiro atoms. The summed E-state index contributed by atoms with van der Waals surface area (Å²) in [5.74, 6) is 1.67. The predicted octanol–water partition coefficient (Wildman–Crippen LogP) is 8.73. The molecule has 1 heterocycles. The third kappa shape index (κ3) is 4.92. The first-order chi connectivity index (χ1) is 19.2. The van der Waals surface area contributed by atoms with E-state index in [0.717, 1.165) is 38.9 Å². The van der Waals surface area contributed by atoms with E-state index in [1.807, 2.05) is 127 Å². The minimum absolute atomic E-state index is 0.545. The van der Waals surface area contributed by atoms with Crippen LogP contribution >= 0.6 is 11.6 Å². The van der Waals surface area contributed by atoms with Gasteiger partial charge in [0.2, 0.25) is 0 Å². The summed E-state index contributed by atoms with van der Waals surface area (Å²) in [6, 6.07) is 43.5. The first kappa shape index (κ1) is 24.2. The molecule has 184 valence electrons. The molecule has 39 heavy (non-hydrogen) atoms. The van der Waals surface area contributed by atoms with Crippen LogP contribution in [-0.4, -0.2) is 15.0 Å². The van der Waals surface area contributed by atoms with Crippen LogP contribution in [0.4, 0.5) is 0 Å². The van der Waals surface area contributed by atoms with Gasteiger partial charge < -0.3 is 0 Å². The normalized spacial score (nSPS) is 10.7. The number of nitrogens with zero attached hydrogens (tertiary/aromatic N) is 4. The zero-order chi connectivity index (χ0) is 26.6. The van der Waals surface area contributed by atoms with Gasteiger partial charge >= 0.3 is 0 Å². The first-order valence-corrected chi connectivity index (χ1v) is 12.8. The van der Waals surface area contributed by atoms with Crippen LogP contribution in [0.5, 0.6) is 0 Å². The fourth-order valence-electron chi connectivity index (χ4n) is 4.59. The molecule has 6 aromatic rings. The topological polar surface area (TPSA) is 62.5 Å². The minimum Gasteiger partial charge on any atom is -0.208 e. The van der Waals surface area contributed by atoms with Crippen molar-refractivity contribution in [3.8, 4) is 62.5 Å². The summed E-state index contributed by atoms with van der Waals surface area (Å²) in [7, 11) is 0. The minimum atomic E-state index is 0.545. The number of rotatable bonds is 5. The molecule has 5 aromatic carbocycles. The lowest BCUT2D eigenvalue weighted by Crippen LogP contribution is -2.01. The summed E-state index contributed by atoms with van der Waals surface area (Å²) in [6.07, 6.45) is 0. The number of aromatic nitrogens is 3. The van der Waals surface area contributed by atoms with Crippen molar-refractivity contribution in [1.82, 2.24) is 15.0 Å². The highest BCUT2D eigenvalue weighted by atomic mass is 35.5. The molecule has 0 bridgehead atoms. The first-order valence-electron chi connectivity index (χ1n) is 12.5. The summed E-state index contributed by atoms with van der Waals surface area (Å²) >= 11 is 6.60. The number of halogens is 1. The maximum absolute atomic E-state index is 9.64. The third-order valence-corrected chi connectivity index (χ3v) is 6.81. The van der Waals surface area contributed by atoms with E-state index in [1.165, 1.54) is 0 Å². The van der Waals surface area contributed by atoms with Gasteiger partial charge in [-0.2, -0.15) is 5.26 Å². The Morgan fingerprint density at radius 3 is 1.74 bits per heavy atom. The number of nitriles is 1. The van der Waals surface area contributed by atoms with E-state index in [1.54, 1.807) is 0 Å². The van der Waals surface area contributed by atoms with Gasteiger partial charge in [-0.1, -0.05) is 121 Å². The molecule has 1 aromatic heterocycles. The number of hydrogen-bond acceptors (Lipinski definition) is 4. The average molecular weight is 521 g/mol. The molecule has 0 atom stereocenters. The molecule has 4 nitrogen and oxygen atoms in total. The van der Waals surface area contributed by atoms with Gasteiger partial charge in [0.1, 0.15) is 0 Å². The Kier molecular flexibility index (Phi) is 6.66. The van der Waals surface area contributed by atoms with Gasteiger partial charge in [0.15, 0.2) is 17.5 Å². The van der Waals surface area contributed by atoms with Gasteiger partial charge in [-0.3, -0.25) is 0 Å². The Bertz CT molecular complexity index is 1840. The van der Waals surface area contributed by atoms with Gasteiger partial charge in [0, 0.05) is 27.3 Å². The van der Waals surface area contributed by atoms with Crippen molar-refractivity contribution in [2.45, 2.75) is 0 Å². The van der Waals surface area contributed by atoms with E-state index >= 15 is 0 Å². The maximum atomic E-state index is 9.64. The summed E-state index contributed by atoms with van der Waals surface area (Å²) < 4.78 is 0. The smallest absolute Gasteiger partial charge is 0.164 e. The largest absolute Gasteiger partial charge is 0.208 e. The molecule has 0 fully saturated rings. The molecule has 0 saturated carbocycles. The molecule has 0 aliphatic rings. The van der Waals surface area contributed by atoms with Gasteiger partial charge in [0.05, 0.1) is 11.6 Å². The van der Waals surface area contributed by atoms with Crippen LogP contribution in [0.3, 0.4) is 0 Å². The van der Waals surface area contributed by atoms with Crippen LogP contribution in [0.1, 0.15) is 5.56 Å². The van der Waals surface area contributed by atoms with Crippen molar-refractivity contribution < 1.29 is 0 Å². The quantitative estimate of drug-likeness (QED) is 0.228. The summed E-state index contributed by atoms with van der Waals surface area (Å²) in [4.78, 5) is 14.8. The molecular weight excluding hydrogens is 500 g/mol. The van der Waals surface area contributed by atoms with Gasteiger partial charge in [0.25, 0.3) is 0 Å².